The highest BCUT2D eigenvalue weighted by Crippen LogP contribution is 2.18. The molecule has 20 heavy (non-hydrogen) atoms. The molecule has 0 atom stereocenters. The number of pyridine rings is 1. The summed E-state index contributed by atoms with van der Waals surface area (Å²) in [4.78, 5) is 4.80. The lowest BCUT2D eigenvalue weighted by atomic mass is 10.3. The van der Waals surface area contributed by atoms with Crippen LogP contribution in [0.1, 0.15) is 13.8 Å². The topological polar surface area (TPSA) is 34.6 Å². The molecule has 1 aromatic heterocycles. The Morgan fingerprint density at radius 2 is 1.55 bits per heavy atom. The van der Waals surface area contributed by atoms with E-state index in [9.17, 15) is 13.2 Å². The van der Waals surface area contributed by atoms with Gasteiger partial charge in [0, 0.05) is 32.4 Å². The monoisotopic (exact) mass is 292 g/mol. The van der Waals surface area contributed by atoms with Crippen LogP contribution in [0.5, 0.6) is 0 Å². The van der Waals surface area contributed by atoms with Gasteiger partial charge in [-0.3, -0.25) is 0 Å². The first-order valence-electron chi connectivity index (χ1n) is 6.52. The van der Waals surface area contributed by atoms with Gasteiger partial charge in [-0.2, -0.15) is 9.37 Å². The maximum absolute atomic E-state index is 13.7. The number of ether oxygens (including phenoxy) is 2. The predicted octanol–water partition coefficient (Wildman–Crippen LogP) is 2.38. The fourth-order valence-electron chi connectivity index (χ4n) is 1.62. The Morgan fingerprint density at radius 3 is 2.05 bits per heavy atom. The zero-order valence-corrected chi connectivity index (χ0v) is 11.7. The second-order valence-electron chi connectivity index (χ2n) is 3.95. The average Bonchev–Trinajstić information content (AvgIpc) is 2.42. The van der Waals surface area contributed by atoms with E-state index in [0.29, 0.717) is 45.6 Å². The summed E-state index contributed by atoms with van der Waals surface area (Å²) in [5, 5.41) is 0. The number of aromatic nitrogens is 1. The minimum Gasteiger partial charge on any atom is -0.380 e. The molecule has 0 unspecified atom stereocenters. The van der Waals surface area contributed by atoms with Crippen LogP contribution in [-0.4, -0.2) is 44.5 Å². The van der Waals surface area contributed by atoms with Crippen LogP contribution in [0.15, 0.2) is 6.07 Å². The van der Waals surface area contributed by atoms with Crippen molar-refractivity contribution in [1.82, 2.24) is 4.98 Å². The van der Waals surface area contributed by atoms with Crippen molar-refractivity contribution < 1.29 is 22.6 Å². The van der Waals surface area contributed by atoms with Crippen LogP contribution >= 0.6 is 0 Å². The molecule has 0 spiro atoms. The van der Waals surface area contributed by atoms with E-state index in [4.69, 9.17) is 9.47 Å². The fourth-order valence-corrected chi connectivity index (χ4v) is 1.62. The molecular formula is C13H19F3N2O2. The zero-order chi connectivity index (χ0) is 15.0. The smallest absolute Gasteiger partial charge is 0.251 e. The lowest BCUT2D eigenvalue weighted by molar-refractivity contribution is 0.141. The molecule has 0 saturated heterocycles. The van der Waals surface area contributed by atoms with Gasteiger partial charge in [0.05, 0.1) is 13.2 Å². The first-order valence-corrected chi connectivity index (χ1v) is 6.52. The van der Waals surface area contributed by atoms with Crippen LogP contribution in [0.4, 0.5) is 19.0 Å². The third kappa shape index (κ3) is 4.97. The SMILES string of the molecule is CCOCCN(CCOCC)c1nc(F)c(F)cc1F. The Hall–Kier alpha value is -1.34. The van der Waals surface area contributed by atoms with Gasteiger partial charge >= 0.3 is 0 Å². The van der Waals surface area contributed by atoms with Gasteiger partial charge in [-0.25, -0.2) is 8.78 Å². The molecule has 0 N–H and O–H groups in total. The molecular weight excluding hydrogens is 273 g/mol. The molecule has 1 aromatic rings. The van der Waals surface area contributed by atoms with Crippen molar-refractivity contribution in [3.05, 3.63) is 23.6 Å². The van der Waals surface area contributed by atoms with Gasteiger partial charge in [0.1, 0.15) is 0 Å². The van der Waals surface area contributed by atoms with Crippen LogP contribution in [0.3, 0.4) is 0 Å². The lowest BCUT2D eigenvalue weighted by Gasteiger charge is -2.23. The molecule has 0 aromatic carbocycles. The first-order chi connectivity index (χ1) is 9.60. The third-order valence-electron chi connectivity index (χ3n) is 2.59. The third-order valence-corrected chi connectivity index (χ3v) is 2.59. The molecule has 1 heterocycles. The predicted molar refractivity (Wildman–Crippen MR) is 69.3 cm³/mol. The molecule has 0 aliphatic heterocycles. The highest BCUT2D eigenvalue weighted by Gasteiger charge is 2.17. The minimum atomic E-state index is -1.32. The average molecular weight is 292 g/mol. The molecule has 0 bridgehead atoms. The maximum Gasteiger partial charge on any atom is 0.251 e. The Balaban J connectivity index is 2.81. The number of rotatable bonds is 9. The van der Waals surface area contributed by atoms with Crippen LogP contribution in [0.2, 0.25) is 0 Å². The molecule has 0 amide bonds. The largest absolute Gasteiger partial charge is 0.380 e. The lowest BCUT2D eigenvalue weighted by Crippen LogP contribution is -2.33. The molecule has 0 radical (unpaired) electrons. The van der Waals surface area contributed by atoms with E-state index >= 15 is 0 Å². The van der Waals surface area contributed by atoms with Crippen LogP contribution in [0.25, 0.3) is 0 Å². The summed E-state index contributed by atoms with van der Waals surface area (Å²) in [6.07, 6.45) is 0. The van der Waals surface area contributed by atoms with Gasteiger partial charge in [0.25, 0.3) is 5.95 Å². The number of anilines is 1. The Kier molecular flexibility index (Phi) is 7.32. The summed E-state index contributed by atoms with van der Waals surface area (Å²) in [7, 11) is 0. The van der Waals surface area contributed by atoms with Crippen molar-refractivity contribution in [2.45, 2.75) is 13.8 Å². The van der Waals surface area contributed by atoms with Crippen molar-refractivity contribution in [1.29, 1.82) is 0 Å². The summed E-state index contributed by atoms with van der Waals surface area (Å²) < 4.78 is 50.1. The fraction of sp³-hybridized carbons (Fsp3) is 0.615. The van der Waals surface area contributed by atoms with Gasteiger partial charge in [0.2, 0.25) is 0 Å². The molecule has 7 heteroatoms. The van der Waals surface area contributed by atoms with Crippen molar-refractivity contribution in [2.75, 3.05) is 44.4 Å². The van der Waals surface area contributed by atoms with Crippen molar-refractivity contribution >= 4 is 5.82 Å². The molecule has 114 valence electrons. The van der Waals surface area contributed by atoms with Gasteiger partial charge in [-0.1, -0.05) is 0 Å². The Morgan fingerprint density at radius 1 is 1.00 bits per heavy atom. The van der Waals surface area contributed by atoms with Crippen LogP contribution in [0, 0.1) is 17.6 Å². The second kappa shape index (κ2) is 8.76. The second-order valence-corrected chi connectivity index (χ2v) is 3.95. The quantitative estimate of drug-likeness (QED) is 0.517. The van der Waals surface area contributed by atoms with E-state index in [1.165, 1.54) is 4.90 Å². The summed E-state index contributed by atoms with van der Waals surface area (Å²) >= 11 is 0. The van der Waals surface area contributed by atoms with Crippen LogP contribution in [-0.2, 0) is 9.47 Å². The van der Waals surface area contributed by atoms with Gasteiger partial charge in [-0.05, 0) is 13.8 Å². The van der Waals surface area contributed by atoms with E-state index in [2.05, 4.69) is 4.98 Å². The Labute approximate surface area is 116 Å². The van der Waals surface area contributed by atoms with Gasteiger partial charge in [0.15, 0.2) is 17.5 Å². The molecule has 0 saturated carbocycles. The first kappa shape index (κ1) is 16.7. The number of hydrogen-bond donors (Lipinski definition) is 0. The van der Waals surface area contributed by atoms with Crippen molar-refractivity contribution in [3.63, 3.8) is 0 Å². The van der Waals surface area contributed by atoms with E-state index < -0.39 is 17.6 Å². The number of hydrogen-bond acceptors (Lipinski definition) is 4. The highest BCUT2D eigenvalue weighted by atomic mass is 19.2. The van der Waals surface area contributed by atoms with Gasteiger partial charge in [-0.15, -0.1) is 0 Å². The molecule has 4 nitrogen and oxygen atoms in total. The zero-order valence-electron chi connectivity index (χ0n) is 11.7. The van der Waals surface area contributed by atoms with Crippen LogP contribution < -0.4 is 4.90 Å². The van der Waals surface area contributed by atoms with E-state index in [1.54, 1.807) is 0 Å². The maximum atomic E-state index is 13.7. The summed E-state index contributed by atoms with van der Waals surface area (Å²) in [5.74, 6) is -3.76. The van der Waals surface area contributed by atoms with Crippen molar-refractivity contribution in [3.8, 4) is 0 Å². The number of nitrogens with zero attached hydrogens (tertiary/aromatic N) is 2. The molecule has 0 aliphatic rings. The summed E-state index contributed by atoms with van der Waals surface area (Å²) in [5.41, 5.74) is 0. The molecule has 0 aliphatic carbocycles. The number of halogens is 3. The molecule has 0 fully saturated rings. The summed E-state index contributed by atoms with van der Waals surface area (Å²) in [6.45, 7) is 6.01. The minimum absolute atomic E-state index is 0.233. The van der Waals surface area contributed by atoms with E-state index in [-0.39, 0.29) is 5.82 Å². The summed E-state index contributed by atoms with van der Waals surface area (Å²) in [6, 6.07) is 0.492. The normalized spacial score (nSPS) is 10.8. The van der Waals surface area contributed by atoms with E-state index in [0.717, 1.165) is 0 Å². The standard InChI is InChI=1S/C13H19F3N2O2/c1-3-19-7-5-18(6-8-20-4-2)13-11(15)9-10(14)12(16)17-13/h9H,3-8H2,1-2H3. The van der Waals surface area contributed by atoms with Crippen molar-refractivity contribution in [2.24, 2.45) is 0 Å². The van der Waals surface area contributed by atoms with E-state index in [1.807, 2.05) is 13.8 Å². The highest BCUT2D eigenvalue weighted by molar-refractivity contribution is 5.40. The Bertz CT molecular complexity index is 409. The molecule has 1 rings (SSSR count). The van der Waals surface area contributed by atoms with Gasteiger partial charge < -0.3 is 14.4 Å².